The summed E-state index contributed by atoms with van der Waals surface area (Å²) < 4.78 is 2.61. The first-order chi connectivity index (χ1) is 19.3. The van der Waals surface area contributed by atoms with Crippen molar-refractivity contribution in [2.45, 2.75) is 0 Å². The van der Waals surface area contributed by atoms with E-state index in [9.17, 15) is 0 Å². The number of anilines is 5. The smallest absolute Gasteiger partial charge is 0.0462 e. The van der Waals surface area contributed by atoms with Gasteiger partial charge in [-0.1, -0.05) is 72.8 Å². The summed E-state index contributed by atoms with van der Waals surface area (Å²) in [6, 6.07) is 53.8. The summed E-state index contributed by atoms with van der Waals surface area (Å²) in [4.78, 5) is 2.29. The molecule has 0 aliphatic rings. The Bertz CT molecular complexity index is 1820. The largest absolute Gasteiger partial charge is 0.356 e. The van der Waals surface area contributed by atoms with Crippen LogP contribution in [-0.4, -0.2) is 0 Å². The predicted octanol–water partition coefficient (Wildman–Crippen LogP) is 10.9. The molecule has 0 saturated carbocycles. The third-order valence-electron chi connectivity index (χ3n) is 7.02. The van der Waals surface area contributed by atoms with Gasteiger partial charge in [-0.2, -0.15) is 0 Å². The molecule has 1 aromatic heterocycles. The third-order valence-corrected chi connectivity index (χ3v) is 8.17. The Morgan fingerprint density at radius 2 is 0.923 bits per heavy atom. The van der Waals surface area contributed by atoms with E-state index in [0.717, 1.165) is 28.4 Å². The number of fused-ring (bicyclic) bond motifs is 3. The molecule has 7 rings (SSSR count). The van der Waals surface area contributed by atoms with Crippen LogP contribution in [0, 0.1) is 0 Å². The fraction of sp³-hybridized carbons (Fsp3) is 0. The van der Waals surface area contributed by atoms with E-state index in [1.165, 1.54) is 31.3 Å². The van der Waals surface area contributed by atoms with Crippen molar-refractivity contribution in [2.24, 2.45) is 0 Å². The molecule has 0 fully saturated rings. The molecule has 39 heavy (non-hydrogen) atoms. The number of rotatable bonds is 6. The van der Waals surface area contributed by atoms with Crippen molar-refractivity contribution in [1.82, 2.24) is 0 Å². The number of hydrogen-bond acceptors (Lipinski definition) is 3. The highest BCUT2D eigenvalue weighted by Crippen LogP contribution is 2.39. The van der Waals surface area contributed by atoms with Gasteiger partial charge in [0.15, 0.2) is 0 Å². The quantitative estimate of drug-likeness (QED) is 0.235. The van der Waals surface area contributed by atoms with Crippen LogP contribution in [0.2, 0.25) is 0 Å². The van der Waals surface area contributed by atoms with Crippen LogP contribution in [0.5, 0.6) is 0 Å². The SMILES string of the molecule is c1ccc(Nc2ccc3sc4ccc(-c5ccc(N(c6ccccc6)c6ccccc6)cc5)cc4c3c2)cc1. The number of para-hydroxylation sites is 3. The Morgan fingerprint density at radius 1 is 0.410 bits per heavy atom. The molecule has 0 saturated heterocycles. The van der Waals surface area contributed by atoms with E-state index >= 15 is 0 Å². The number of nitrogens with zero attached hydrogens (tertiary/aromatic N) is 1. The standard InChI is InChI=1S/C36H26N2S/c1-4-10-28(11-5-1)37-29-19-23-36-34(25-29)33-24-27(18-22-35(33)39-36)26-16-20-32(21-17-26)38(30-12-6-2-7-13-30)31-14-8-3-9-15-31/h1-25,37H. The molecule has 0 spiro atoms. The van der Waals surface area contributed by atoms with E-state index in [2.05, 4.69) is 156 Å². The molecule has 0 bridgehead atoms. The van der Waals surface area contributed by atoms with Gasteiger partial charge < -0.3 is 10.2 Å². The van der Waals surface area contributed by atoms with E-state index in [-0.39, 0.29) is 0 Å². The second-order valence-corrected chi connectivity index (χ2v) is 10.7. The molecule has 0 amide bonds. The fourth-order valence-corrected chi connectivity index (χ4v) is 6.19. The number of hydrogen-bond donors (Lipinski definition) is 1. The summed E-state index contributed by atoms with van der Waals surface area (Å²) in [5.74, 6) is 0. The second kappa shape index (κ2) is 10.1. The highest BCUT2D eigenvalue weighted by molar-refractivity contribution is 7.25. The van der Waals surface area contributed by atoms with Gasteiger partial charge in [-0.15, -0.1) is 11.3 Å². The van der Waals surface area contributed by atoms with Crippen molar-refractivity contribution in [1.29, 1.82) is 0 Å². The van der Waals surface area contributed by atoms with Gasteiger partial charge >= 0.3 is 0 Å². The molecule has 186 valence electrons. The van der Waals surface area contributed by atoms with Gasteiger partial charge in [0, 0.05) is 48.6 Å². The van der Waals surface area contributed by atoms with Crippen LogP contribution in [-0.2, 0) is 0 Å². The number of thiophene rings is 1. The van der Waals surface area contributed by atoms with Gasteiger partial charge in [0.25, 0.3) is 0 Å². The highest BCUT2D eigenvalue weighted by atomic mass is 32.1. The van der Waals surface area contributed by atoms with Crippen molar-refractivity contribution < 1.29 is 0 Å². The molecule has 7 aromatic rings. The summed E-state index contributed by atoms with van der Waals surface area (Å²) in [6.07, 6.45) is 0. The minimum atomic E-state index is 1.09. The monoisotopic (exact) mass is 518 g/mol. The maximum atomic E-state index is 3.54. The molecule has 0 aliphatic carbocycles. The van der Waals surface area contributed by atoms with Crippen LogP contribution < -0.4 is 10.2 Å². The average Bonchev–Trinajstić information content (AvgIpc) is 3.37. The normalized spacial score (nSPS) is 11.1. The third kappa shape index (κ3) is 4.65. The van der Waals surface area contributed by atoms with Crippen molar-refractivity contribution in [3.05, 3.63) is 152 Å². The summed E-state index contributed by atoms with van der Waals surface area (Å²) >= 11 is 1.85. The Labute approximate surface area is 232 Å². The molecule has 3 heteroatoms. The zero-order valence-corrected chi connectivity index (χ0v) is 22.1. The van der Waals surface area contributed by atoms with Crippen molar-refractivity contribution in [3.8, 4) is 11.1 Å². The van der Waals surface area contributed by atoms with Gasteiger partial charge in [-0.3, -0.25) is 0 Å². The predicted molar refractivity (Wildman–Crippen MR) is 169 cm³/mol. The van der Waals surface area contributed by atoms with Crippen molar-refractivity contribution in [2.75, 3.05) is 10.2 Å². The van der Waals surface area contributed by atoms with E-state index < -0.39 is 0 Å². The molecule has 1 heterocycles. The molecule has 0 aliphatic heterocycles. The molecule has 0 unspecified atom stereocenters. The summed E-state index contributed by atoms with van der Waals surface area (Å²) in [7, 11) is 0. The molecule has 1 N–H and O–H groups in total. The zero-order chi connectivity index (χ0) is 26.0. The topological polar surface area (TPSA) is 15.3 Å². The lowest BCUT2D eigenvalue weighted by Gasteiger charge is -2.25. The second-order valence-electron chi connectivity index (χ2n) is 9.57. The average molecular weight is 519 g/mol. The van der Waals surface area contributed by atoms with Crippen LogP contribution in [0.4, 0.5) is 28.4 Å². The highest BCUT2D eigenvalue weighted by Gasteiger charge is 2.13. The first-order valence-electron chi connectivity index (χ1n) is 13.1. The van der Waals surface area contributed by atoms with E-state index in [1.54, 1.807) is 0 Å². The first-order valence-corrected chi connectivity index (χ1v) is 13.9. The van der Waals surface area contributed by atoms with Crippen LogP contribution >= 0.6 is 11.3 Å². The molecule has 2 nitrogen and oxygen atoms in total. The summed E-state index contributed by atoms with van der Waals surface area (Å²) in [5.41, 5.74) is 8.04. The molecule has 0 radical (unpaired) electrons. The van der Waals surface area contributed by atoms with Gasteiger partial charge in [-0.05, 0) is 90.0 Å². The Morgan fingerprint density at radius 3 is 1.56 bits per heavy atom. The fourth-order valence-electron chi connectivity index (χ4n) is 5.13. The van der Waals surface area contributed by atoms with Crippen LogP contribution in [0.15, 0.2) is 152 Å². The summed E-state index contributed by atoms with van der Waals surface area (Å²) in [6.45, 7) is 0. The number of nitrogens with one attached hydrogen (secondary N) is 1. The maximum Gasteiger partial charge on any atom is 0.0462 e. The lowest BCUT2D eigenvalue weighted by atomic mass is 10.0. The van der Waals surface area contributed by atoms with Crippen LogP contribution in [0.3, 0.4) is 0 Å². The molecular weight excluding hydrogens is 492 g/mol. The zero-order valence-electron chi connectivity index (χ0n) is 21.3. The van der Waals surface area contributed by atoms with Gasteiger partial charge in [-0.25, -0.2) is 0 Å². The Kier molecular flexibility index (Phi) is 6.04. The maximum absolute atomic E-state index is 3.54. The lowest BCUT2D eigenvalue weighted by molar-refractivity contribution is 1.28. The van der Waals surface area contributed by atoms with Gasteiger partial charge in [0.1, 0.15) is 0 Å². The number of benzene rings is 6. The van der Waals surface area contributed by atoms with Gasteiger partial charge in [0.05, 0.1) is 0 Å². The minimum absolute atomic E-state index is 1.09. The van der Waals surface area contributed by atoms with Crippen LogP contribution in [0.25, 0.3) is 31.3 Å². The Balaban J connectivity index is 1.24. The summed E-state index contributed by atoms with van der Waals surface area (Å²) in [5, 5.41) is 6.12. The van der Waals surface area contributed by atoms with E-state index in [0.29, 0.717) is 0 Å². The van der Waals surface area contributed by atoms with E-state index in [1.807, 2.05) is 17.4 Å². The Hall–Kier alpha value is -4.86. The van der Waals surface area contributed by atoms with Crippen LogP contribution in [0.1, 0.15) is 0 Å². The first kappa shape index (κ1) is 23.3. The molecule has 6 aromatic carbocycles. The van der Waals surface area contributed by atoms with Crippen molar-refractivity contribution in [3.63, 3.8) is 0 Å². The molecular formula is C36H26N2S. The van der Waals surface area contributed by atoms with Crippen molar-refractivity contribution >= 4 is 59.9 Å². The van der Waals surface area contributed by atoms with E-state index in [4.69, 9.17) is 0 Å². The van der Waals surface area contributed by atoms with Gasteiger partial charge in [0.2, 0.25) is 0 Å². The lowest BCUT2D eigenvalue weighted by Crippen LogP contribution is -2.09. The molecule has 0 atom stereocenters. The minimum Gasteiger partial charge on any atom is -0.356 e.